The van der Waals surface area contributed by atoms with E-state index >= 15 is 0 Å². The highest BCUT2D eigenvalue weighted by molar-refractivity contribution is 9.09. The van der Waals surface area contributed by atoms with E-state index in [9.17, 15) is 28.6 Å². The number of amides is 1. The van der Waals surface area contributed by atoms with Gasteiger partial charge in [0.25, 0.3) is 21.7 Å². The SMILES string of the molecule is CS(=O)(=O)OCCN(CCBr)c1cc(C(=O)NCCCN2CCOCC2)c([N+](=O)[O-])cc1C#N. The standard InChI is InChI=1S/C20H28BrN5O7S/c1-34(30,31)33-12-9-25(6-3-21)18-14-17(19(26(28)29)13-16(18)15-22)20(27)23-4-2-5-24-7-10-32-11-8-24/h13-14H,2-12H2,1H3,(H,23,27). The molecular weight excluding hydrogens is 534 g/mol. The lowest BCUT2D eigenvalue weighted by molar-refractivity contribution is -0.385. The number of benzene rings is 1. The molecule has 1 aliphatic rings. The third-order valence-electron chi connectivity index (χ3n) is 5.07. The molecule has 0 atom stereocenters. The van der Waals surface area contributed by atoms with Crippen LogP contribution in [0.2, 0.25) is 0 Å². The van der Waals surface area contributed by atoms with Crippen LogP contribution in [-0.2, 0) is 19.0 Å². The molecule has 2 rings (SSSR count). The Morgan fingerprint density at radius 1 is 1.38 bits per heavy atom. The summed E-state index contributed by atoms with van der Waals surface area (Å²) in [6.07, 6.45) is 1.59. The number of carbonyl (C=O) groups excluding carboxylic acids is 1. The second kappa shape index (κ2) is 13.5. The number of nitro benzene ring substituents is 1. The molecule has 0 aromatic heterocycles. The summed E-state index contributed by atoms with van der Waals surface area (Å²) in [5, 5.41) is 24.4. The van der Waals surface area contributed by atoms with E-state index in [4.69, 9.17) is 8.92 Å². The number of ether oxygens (including phenoxy) is 1. The van der Waals surface area contributed by atoms with E-state index in [1.807, 2.05) is 6.07 Å². The van der Waals surface area contributed by atoms with Crippen molar-refractivity contribution in [1.29, 1.82) is 5.26 Å². The fourth-order valence-electron chi connectivity index (χ4n) is 3.44. The lowest BCUT2D eigenvalue weighted by Gasteiger charge is -2.26. The van der Waals surface area contributed by atoms with Gasteiger partial charge in [-0.2, -0.15) is 13.7 Å². The Labute approximate surface area is 207 Å². The predicted molar refractivity (Wildman–Crippen MR) is 129 cm³/mol. The molecular formula is C20H28BrN5O7S. The Hall–Kier alpha value is -2.31. The van der Waals surface area contributed by atoms with Crippen molar-refractivity contribution in [2.75, 3.05) is 75.6 Å². The average molecular weight is 562 g/mol. The smallest absolute Gasteiger partial charge is 0.283 e. The van der Waals surface area contributed by atoms with Crippen LogP contribution in [0.1, 0.15) is 22.3 Å². The lowest BCUT2D eigenvalue weighted by atomic mass is 10.0. The maximum Gasteiger partial charge on any atom is 0.283 e. The van der Waals surface area contributed by atoms with E-state index in [-0.39, 0.29) is 30.0 Å². The molecule has 1 aliphatic heterocycles. The molecule has 0 aliphatic carbocycles. The first-order valence-electron chi connectivity index (χ1n) is 10.6. The Bertz CT molecular complexity index is 1010. The number of rotatable bonds is 13. The van der Waals surface area contributed by atoms with Gasteiger partial charge in [-0.05, 0) is 19.0 Å². The van der Waals surface area contributed by atoms with Gasteiger partial charge in [0.2, 0.25) is 0 Å². The molecule has 1 saturated heterocycles. The molecule has 0 unspecified atom stereocenters. The molecule has 12 nitrogen and oxygen atoms in total. The molecule has 0 saturated carbocycles. The molecule has 14 heteroatoms. The second-order valence-corrected chi connectivity index (χ2v) is 9.96. The monoisotopic (exact) mass is 561 g/mol. The van der Waals surface area contributed by atoms with Gasteiger partial charge in [0.1, 0.15) is 11.6 Å². The van der Waals surface area contributed by atoms with E-state index < -0.39 is 26.6 Å². The van der Waals surface area contributed by atoms with E-state index in [2.05, 4.69) is 26.1 Å². The molecule has 1 N–H and O–H groups in total. The van der Waals surface area contributed by atoms with Crippen molar-refractivity contribution in [1.82, 2.24) is 10.2 Å². The van der Waals surface area contributed by atoms with Crippen molar-refractivity contribution in [2.45, 2.75) is 6.42 Å². The summed E-state index contributed by atoms with van der Waals surface area (Å²) in [7, 11) is -3.66. The number of hydrogen-bond donors (Lipinski definition) is 1. The van der Waals surface area contributed by atoms with Crippen molar-refractivity contribution in [3.8, 4) is 6.07 Å². The van der Waals surface area contributed by atoms with Crippen molar-refractivity contribution in [3.63, 3.8) is 0 Å². The van der Waals surface area contributed by atoms with Crippen LogP contribution >= 0.6 is 15.9 Å². The molecule has 188 valence electrons. The predicted octanol–water partition coefficient (Wildman–Crippen LogP) is 1.10. The van der Waals surface area contributed by atoms with Crippen LogP contribution in [0, 0.1) is 21.4 Å². The molecule has 0 spiro atoms. The summed E-state index contributed by atoms with van der Waals surface area (Å²) in [5.41, 5.74) is -0.370. The highest BCUT2D eigenvalue weighted by atomic mass is 79.9. The minimum Gasteiger partial charge on any atom is -0.379 e. The topological polar surface area (TPSA) is 155 Å². The maximum atomic E-state index is 12.8. The lowest BCUT2D eigenvalue weighted by Crippen LogP contribution is -2.38. The van der Waals surface area contributed by atoms with E-state index in [1.54, 1.807) is 4.90 Å². The summed E-state index contributed by atoms with van der Waals surface area (Å²) >= 11 is 3.30. The minimum absolute atomic E-state index is 0.00382. The summed E-state index contributed by atoms with van der Waals surface area (Å²) in [6.45, 7) is 4.34. The summed E-state index contributed by atoms with van der Waals surface area (Å²) in [5.74, 6) is -0.620. The van der Waals surface area contributed by atoms with Crippen LogP contribution in [0.25, 0.3) is 0 Å². The summed E-state index contributed by atoms with van der Waals surface area (Å²) in [6, 6.07) is 4.29. The molecule has 34 heavy (non-hydrogen) atoms. The zero-order chi connectivity index (χ0) is 25.1. The molecule has 0 radical (unpaired) electrons. The van der Waals surface area contributed by atoms with Crippen molar-refractivity contribution in [2.24, 2.45) is 0 Å². The third kappa shape index (κ3) is 8.80. The highest BCUT2D eigenvalue weighted by Gasteiger charge is 2.25. The largest absolute Gasteiger partial charge is 0.379 e. The molecule has 1 aromatic carbocycles. The summed E-state index contributed by atoms with van der Waals surface area (Å²) < 4.78 is 32.7. The van der Waals surface area contributed by atoms with Gasteiger partial charge in [-0.1, -0.05) is 15.9 Å². The van der Waals surface area contributed by atoms with Gasteiger partial charge >= 0.3 is 0 Å². The second-order valence-electron chi connectivity index (χ2n) is 7.52. The molecule has 1 aromatic rings. The van der Waals surface area contributed by atoms with Gasteiger partial charge in [0.15, 0.2) is 0 Å². The highest BCUT2D eigenvalue weighted by Crippen LogP contribution is 2.29. The molecule has 1 fully saturated rings. The van der Waals surface area contributed by atoms with E-state index in [0.717, 1.165) is 32.0 Å². The Kier molecular flexibility index (Phi) is 11.1. The van der Waals surface area contributed by atoms with Crippen LogP contribution in [0.15, 0.2) is 12.1 Å². The Morgan fingerprint density at radius 2 is 2.09 bits per heavy atom. The molecule has 1 amide bonds. The Morgan fingerprint density at radius 3 is 2.68 bits per heavy atom. The van der Waals surface area contributed by atoms with Crippen LogP contribution < -0.4 is 10.2 Å². The number of nitriles is 1. The third-order valence-corrected chi connectivity index (χ3v) is 6.02. The molecule has 0 bridgehead atoms. The maximum absolute atomic E-state index is 12.8. The van der Waals surface area contributed by atoms with Gasteiger partial charge in [0.05, 0.1) is 42.3 Å². The van der Waals surface area contributed by atoms with Gasteiger partial charge in [-0.15, -0.1) is 0 Å². The van der Waals surface area contributed by atoms with Crippen molar-refractivity contribution in [3.05, 3.63) is 33.4 Å². The fourth-order valence-corrected chi connectivity index (χ4v) is 4.24. The zero-order valence-corrected chi connectivity index (χ0v) is 21.3. The van der Waals surface area contributed by atoms with E-state index in [1.165, 1.54) is 6.07 Å². The average Bonchev–Trinajstić information content (AvgIpc) is 2.80. The number of anilines is 1. The minimum atomic E-state index is -3.66. The quantitative estimate of drug-likeness (QED) is 0.121. The van der Waals surface area contributed by atoms with Crippen LogP contribution in [0.3, 0.4) is 0 Å². The first-order valence-corrected chi connectivity index (χ1v) is 13.6. The number of nitrogens with zero attached hydrogens (tertiary/aromatic N) is 4. The number of alkyl halides is 1. The van der Waals surface area contributed by atoms with Gasteiger partial charge in [0, 0.05) is 44.1 Å². The number of carbonyl (C=O) groups is 1. The van der Waals surface area contributed by atoms with Gasteiger partial charge in [-0.25, -0.2) is 0 Å². The van der Waals surface area contributed by atoms with Crippen LogP contribution in [0.5, 0.6) is 0 Å². The normalized spacial score (nSPS) is 14.4. The fraction of sp³-hybridized carbons (Fsp3) is 0.600. The number of halogens is 1. The van der Waals surface area contributed by atoms with Gasteiger partial charge < -0.3 is 15.0 Å². The zero-order valence-electron chi connectivity index (χ0n) is 18.9. The molecule has 1 heterocycles. The van der Waals surface area contributed by atoms with Crippen LogP contribution in [0.4, 0.5) is 11.4 Å². The first kappa shape index (κ1) is 27.9. The van der Waals surface area contributed by atoms with E-state index in [0.29, 0.717) is 38.1 Å². The first-order chi connectivity index (χ1) is 16.2. The van der Waals surface area contributed by atoms with Crippen LogP contribution in [-0.4, -0.2) is 94.8 Å². The van der Waals surface area contributed by atoms with Crippen molar-refractivity contribution < 1.29 is 27.1 Å². The number of hydrogen-bond acceptors (Lipinski definition) is 10. The number of morpholine rings is 1. The van der Waals surface area contributed by atoms with Gasteiger partial charge in [-0.3, -0.25) is 24.0 Å². The number of nitrogens with one attached hydrogen (secondary N) is 1. The summed E-state index contributed by atoms with van der Waals surface area (Å²) in [4.78, 5) is 27.6. The number of nitro groups is 1. The Balaban J connectivity index is 2.20. The van der Waals surface area contributed by atoms with Crippen molar-refractivity contribution >= 4 is 43.3 Å².